The third kappa shape index (κ3) is 3.49. The van der Waals surface area contributed by atoms with E-state index < -0.39 is 38.4 Å². The standard InChI is InChI=1S/C19H27NO5S/c1-12-7-8-13(2)16(11-12)26(24,25)19(9-5-6-10-19)18(23)20-15(4)14(3)17(21)22/h7-8,11,14-15H,5-6,9-10H2,1-4H3,(H,20,23)(H,21,22). The van der Waals surface area contributed by atoms with Crippen molar-refractivity contribution in [2.24, 2.45) is 5.92 Å². The molecule has 1 saturated carbocycles. The zero-order valence-electron chi connectivity index (χ0n) is 15.7. The molecule has 1 aliphatic carbocycles. The molecule has 0 aromatic heterocycles. The number of carbonyl (C=O) groups is 2. The van der Waals surface area contributed by atoms with Crippen LogP contribution in [-0.4, -0.2) is 36.2 Å². The molecule has 144 valence electrons. The van der Waals surface area contributed by atoms with Gasteiger partial charge in [0.05, 0.1) is 10.8 Å². The highest BCUT2D eigenvalue weighted by Crippen LogP contribution is 2.42. The fourth-order valence-corrected chi connectivity index (χ4v) is 5.83. The lowest BCUT2D eigenvalue weighted by Crippen LogP contribution is -2.54. The molecule has 1 fully saturated rings. The first-order chi connectivity index (χ1) is 12.0. The summed E-state index contributed by atoms with van der Waals surface area (Å²) in [4.78, 5) is 24.4. The van der Waals surface area contributed by atoms with Gasteiger partial charge in [-0.15, -0.1) is 0 Å². The number of carbonyl (C=O) groups excluding carboxylic acids is 1. The average Bonchev–Trinajstić information content (AvgIpc) is 3.07. The van der Waals surface area contributed by atoms with E-state index in [-0.39, 0.29) is 17.7 Å². The average molecular weight is 381 g/mol. The number of benzene rings is 1. The van der Waals surface area contributed by atoms with E-state index in [4.69, 9.17) is 5.11 Å². The minimum absolute atomic E-state index is 0.188. The van der Waals surface area contributed by atoms with E-state index in [0.29, 0.717) is 18.4 Å². The molecule has 0 spiro atoms. The highest BCUT2D eigenvalue weighted by atomic mass is 32.2. The number of sulfone groups is 1. The van der Waals surface area contributed by atoms with Gasteiger partial charge in [0.15, 0.2) is 14.6 Å². The summed E-state index contributed by atoms with van der Waals surface area (Å²) < 4.78 is 25.4. The van der Waals surface area contributed by atoms with Gasteiger partial charge in [0, 0.05) is 6.04 Å². The molecular formula is C19H27NO5S. The quantitative estimate of drug-likeness (QED) is 0.789. The van der Waals surface area contributed by atoms with Gasteiger partial charge in [-0.25, -0.2) is 8.42 Å². The van der Waals surface area contributed by atoms with Crippen molar-refractivity contribution in [3.05, 3.63) is 29.3 Å². The SMILES string of the molecule is Cc1ccc(C)c(S(=O)(=O)C2(C(=O)NC(C)C(C)C(=O)O)CCCC2)c1. The number of rotatable bonds is 6. The number of aryl methyl sites for hydroxylation is 2. The molecule has 1 amide bonds. The van der Waals surface area contributed by atoms with Gasteiger partial charge in [-0.05, 0) is 57.7 Å². The molecule has 0 saturated heterocycles. The summed E-state index contributed by atoms with van der Waals surface area (Å²) in [6.45, 7) is 6.62. The van der Waals surface area contributed by atoms with Gasteiger partial charge in [-0.3, -0.25) is 9.59 Å². The zero-order chi connectivity index (χ0) is 19.7. The van der Waals surface area contributed by atoms with E-state index in [0.717, 1.165) is 5.56 Å². The van der Waals surface area contributed by atoms with Crippen molar-refractivity contribution < 1.29 is 23.1 Å². The van der Waals surface area contributed by atoms with E-state index in [9.17, 15) is 18.0 Å². The van der Waals surface area contributed by atoms with E-state index in [1.165, 1.54) is 6.92 Å². The minimum Gasteiger partial charge on any atom is -0.481 e. The van der Waals surface area contributed by atoms with E-state index in [2.05, 4.69) is 5.32 Å². The molecule has 26 heavy (non-hydrogen) atoms. The molecule has 1 aromatic carbocycles. The third-order valence-corrected chi connectivity index (χ3v) is 8.11. The van der Waals surface area contributed by atoms with Gasteiger partial charge in [0.25, 0.3) is 0 Å². The van der Waals surface area contributed by atoms with Crippen LogP contribution in [0.25, 0.3) is 0 Å². The van der Waals surface area contributed by atoms with Crippen LogP contribution in [0.3, 0.4) is 0 Å². The van der Waals surface area contributed by atoms with Crippen LogP contribution in [-0.2, 0) is 19.4 Å². The summed E-state index contributed by atoms with van der Waals surface area (Å²) >= 11 is 0. The molecule has 6 nitrogen and oxygen atoms in total. The fourth-order valence-electron chi connectivity index (χ4n) is 3.45. The lowest BCUT2D eigenvalue weighted by Gasteiger charge is -2.30. The number of carboxylic acids is 1. The normalized spacial score (nSPS) is 18.9. The van der Waals surface area contributed by atoms with Crippen LogP contribution in [0.2, 0.25) is 0 Å². The first kappa shape index (κ1) is 20.4. The smallest absolute Gasteiger partial charge is 0.308 e. The molecule has 2 atom stereocenters. The van der Waals surface area contributed by atoms with Gasteiger partial charge >= 0.3 is 5.97 Å². The maximum atomic E-state index is 13.5. The Morgan fingerprint density at radius 3 is 2.27 bits per heavy atom. The van der Waals surface area contributed by atoms with Crippen LogP contribution in [0, 0.1) is 19.8 Å². The monoisotopic (exact) mass is 381 g/mol. The van der Waals surface area contributed by atoms with Crippen LogP contribution in [0.5, 0.6) is 0 Å². The van der Waals surface area contributed by atoms with Crippen LogP contribution in [0.15, 0.2) is 23.1 Å². The summed E-state index contributed by atoms with van der Waals surface area (Å²) in [6.07, 6.45) is 1.81. The third-order valence-electron chi connectivity index (χ3n) is 5.47. The second-order valence-corrected chi connectivity index (χ2v) is 9.59. The molecule has 2 N–H and O–H groups in total. The molecule has 1 aliphatic rings. The Morgan fingerprint density at radius 2 is 1.73 bits per heavy atom. The maximum absolute atomic E-state index is 13.5. The van der Waals surface area contributed by atoms with E-state index in [1.54, 1.807) is 26.0 Å². The van der Waals surface area contributed by atoms with Crippen LogP contribution >= 0.6 is 0 Å². The van der Waals surface area contributed by atoms with Crippen molar-refractivity contribution in [1.82, 2.24) is 5.32 Å². The fraction of sp³-hybridized carbons (Fsp3) is 0.579. The Labute approximate surface area is 154 Å². The molecule has 0 heterocycles. The Kier molecular flexibility index (Phi) is 5.80. The Bertz CT molecular complexity index is 809. The van der Waals surface area contributed by atoms with Crippen molar-refractivity contribution in [2.45, 2.75) is 69.1 Å². The molecule has 1 aromatic rings. The largest absolute Gasteiger partial charge is 0.481 e. The van der Waals surface area contributed by atoms with Crippen LogP contribution in [0.4, 0.5) is 0 Å². The van der Waals surface area contributed by atoms with Crippen molar-refractivity contribution in [3.63, 3.8) is 0 Å². The second-order valence-electron chi connectivity index (χ2n) is 7.36. The molecule has 7 heteroatoms. The van der Waals surface area contributed by atoms with Crippen molar-refractivity contribution in [1.29, 1.82) is 0 Å². The Balaban J connectivity index is 2.45. The summed E-state index contributed by atoms with van der Waals surface area (Å²) in [5.74, 6) is -2.42. The van der Waals surface area contributed by atoms with Gasteiger partial charge in [-0.2, -0.15) is 0 Å². The molecular weight excluding hydrogens is 354 g/mol. The van der Waals surface area contributed by atoms with Crippen molar-refractivity contribution >= 4 is 21.7 Å². The predicted octanol–water partition coefficient (Wildman–Crippen LogP) is 2.62. The molecule has 0 radical (unpaired) electrons. The summed E-state index contributed by atoms with van der Waals surface area (Å²) in [6, 6.07) is 4.54. The zero-order valence-corrected chi connectivity index (χ0v) is 16.5. The van der Waals surface area contributed by atoms with Gasteiger partial charge in [-0.1, -0.05) is 25.0 Å². The number of aliphatic carboxylic acids is 1. The Morgan fingerprint density at radius 1 is 1.15 bits per heavy atom. The highest BCUT2D eigenvalue weighted by Gasteiger charge is 2.53. The summed E-state index contributed by atoms with van der Waals surface area (Å²) in [7, 11) is -3.90. The number of amides is 1. The van der Waals surface area contributed by atoms with Crippen molar-refractivity contribution in [2.75, 3.05) is 0 Å². The van der Waals surface area contributed by atoms with E-state index in [1.807, 2.05) is 13.0 Å². The van der Waals surface area contributed by atoms with Gasteiger partial charge < -0.3 is 10.4 Å². The highest BCUT2D eigenvalue weighted by molar-refractivity contribution is 7.93. The van der Waals surface area contributed by atoms with Crippen molar-refractivity contribution in [3.8, 4) is 0 Å². The van der Waals surface area contributed by atoms with E-state index >= 15 is 0 Å². The van der Waals surface area contributed by atoms with Gasteiger partial charge in [0.1, 0.15) is 0 Å². The second kappa shape index (κ2) is 7.39. The number of nitrogens with one attached hydrogen (secondary N) is 1. The molecule has 2 unspecified atom stereocenters. The first-order valence-corrected chi connectivity index (χ1v) is 10.4. The maximum Gasteiger partial charge on any atom is 0.308 e. The predicted molar refractivity (Wildman–Crippen MR) is 98.7 cm³/mol. The minimum atomic E-state index is -3.90. The molecule has 0 bridgehead atoms. The topological polar surface area (TPSA) is 101 Å². The number of carboxylic acid groups (broad SMARTS) is 1. The lowest BCUT2D eigenvalue weighted by molar-refractivity contribution is -0.142. The van der Waals surface area contributed by atoms with Gasteiger partial charge in [0.2, 0.25) is 5.91 Å². The van der Waals surface area contributed by atoms with Crippen LogP contribution < -0.4 is 5.32 Å². The number of hydrogen-bond acceptors (Lipinski definition) is 4. The number of hydrogen-bond donors (Lipinski definition) is 2. The molecule has 0 aliphatic heterocycles. The summed E-state index contributed by atoms with van der Waals surface area (Å²) in [5.41, 5.74) is 1.43. The van der Waals surface area contributed by atoms with Crippen LogP contribution in [0.1, 0.15) is 50.7 Å². The summed E-state index contributed by atoms with van der Waals surface area (Å²) in [5, 5.41) is 11.8. The molecule has 2 rings (SSSR count). The first-order valence-electron chi connectivity index (χ1n) is 8.88. The lowest BCUT2D eigenvalue weighted by atomic mass is 10.0. The Hall–Kier alpha value is -1.89.